The number of nitrogens with zero attached hydrogens (tertiary/aromatic N) is 2. The lowest BCUT2D eigenvalue weighted by atomic mass is 10.1. The van der Waals surface area contributed by atoms with Crippen LogP contribution < -0.4 is 5.56 Å². The predicted octanol–water partition coefficient (Wildman–Crippen LogP) is 3.81. The second-order valence-corrected chi connectivity index (χ2v) is 6.39. The highest BCUT2D eigenvalue weighted by Crippen LogP contribution is 2.28. The van der Waals surface area contributed by atoms with E-state index in [-0.39, 0.29) is 11.1 Å². The smallest absolute Gasteiger partial charge is 0.335 e. The van der Waals surface area contributed by atoms with Crippen LogP contribution in [0.25, 0.3) is 27.0 Å². The first kappa shape index (κ1) is 15.3. The van der Waals surface area contributed by atoms with Crippen molar-refractivity contribution in [3.05, 3.63) is 82.0 Å². The fourth-order valence-electron chi connectivity index (χ4n) is 2.73. The number of benzene rings is 2. The Bertz CT molecular complexity index is 1150. The van der Waals surface area contributed by atoms with Gasteiger partial charge in [-0.3, -0.25) is 4.79 Å². The number of rotatable bonds is 3. The molecular formula is C19H12N2O3S. The van der Waals surface area contributed by atoms with Gasteiger partial charge in [0.2, 0.25) is 0 Å². The van der Waals surface area contributed by atoms with Crippen LogP contribution in [0.3, 0.4) is 0 Å². The summed E-state index contributed by atoms with van der Waals surface area (Å²) in [5.74, 6) is -1.05. The van der Waals surface area contributed by atoms with Crippen molar-refractivity contribution in [3.8, 4) is 16.3 Å². The van der Waals surface area contributed by atoms with Gasteiger partial charge in [-0.25, -0.2) is 4.79 Å². The quantitative estimate of drug-likeness (QED) is 0.611. The van der Waals surface area contributed by atoms with Crippen molar-refractivity contribution in [1.82, 2.24) is 9.78 Å². The Morgan fingerprint density at radius 2 is 1.80 bits per heavy atom. The lowest BCUT2D eigenvalue weighted by molar-refractivity contribution is 0.0697. The molecular weight excluding hydrogens is 336 g/mol. The molecule has 0 saturated carbocycles. The van der Waals surface area contributed by atoms with Gasteiger partial charge in [-0.2, -0.15) is 9.78 Å². The SMILES string of the molecule is O=C(O)c1cccc(-n2nc(-c3cccs3)c3ccccc3c2=O)c1. The number of carbonyl (C=O) groups is 1. The van der Waals surface area contributed by atoms with Crippen LogP contribution in [0.15, 0.2) is 70.8 Å². The monoisotopic (exact) mass is 348 g/mol. The van der Waals surface area contributed by atoms with Crippen LogP contribution in [0.5, 0.6) is 0 Å². The average Bonchev–Trinajstić information content (AvgIpc) is 3.17. The normalized spacial score (nSPS) is 10.9. The van der Waals surface area contributed by atoms with Crippen molar-refractivity contribution in [3.63, 3.8) is 0 Å². The summed E-state index contributed by atoms with van der Waals surface area (Å²) in [5.41, 5.74) is 0.954. The van der Waals surface area contributed by atoms with Crippen molar-refractivity contribution in [2.45, 2.75) is 0 Å². The van der Waals surface area contributed by atoms with Crippen LogP contribution in [-0.4, -0.2) is 20.9 Å². The van der Waals surface area contributed by atoms with Gasteiger partial charge in [0.15, 0.2) is 0 Å². The van der Waals surface area contributed by atoms with Gasteiger partial charge in [-0.05, 0) is 35.7 Å². The fraction of sp³-hybridized carbons (Fsp3) is 0. The zero-order chi connectivity index (χ0) is 17.4. The van der Waals surface area contributed by atoms with Gasteiger partial charge in [0.25, 0.3) is 5.56 Å². The largest absolute Gasteiger partial charge is 0.478 e. The van der Waals surface area contributed by atoms with E-state index in [4.69, 9.17) is 0 Å². The summed E-state index contributed by atoms with van der Waals surface area (Å²) < 4.78 is 1.27. The third kappa shape index (κ3) is 2.62. The van der Waals surface area contributed by atoms with E-state index < -0.39 is 5.97 Å². The van der Waals surface area contributed by atoms with E-state index in [0.717, 1.165) is 10.3 Å². The molecule has 2 heterocycles. The van der Waals surface area contributed by atoms with Gasteiger partial charge in [0.1, 0.15) is 5.69 Å². The van der Waals surface area contributed by atoms with E-state index in [1.165, 1.54) is 28.2 Å². The lowest BCUT2D eigenvalue weighted by Crippen LogP contribution is -2.22. The number of aromatic nitrogens is 2. The summed E-state index contributed by atoms with van der Waals surface area (Å²) in [6.07, 6.45) is 0. The highest BCUT2D eigenvalue weighted by molar-refractivity contribution is 7.13. The second-order valence-electron chi connectivity index (χ2n) is 5.44. The van der Waals surface area contributed by atoms with Crippen molar-refractivity contribution >= 4 is 28.1 Å². The van der Waals surface area contributed by atoms with E-state index in [1.54, 1.807) is 24.3 Å². The molecule has 4 rings (SSSR count). The van der Waals surface area contributed by atoms with Gasteiger partial charge in [-0.1, -0.05) is 30.3 Å². The third-order valence-electron chi connectivity index (χ3n) is 3.90. The Morgan fingerprint density at radius 3 is 2.52 bits per heavy atom. The van der Waals surface area contributed by atoms with Gasteiger partial charge in [0, 0.05) is 5.39 Å². The molecule has 0 aliphatic heterocycles. The second kappa shape index (κ2) is 5.99. The van der Waals surface area contributed by atoms with Crippen molar-refractivity contribution in [1.29, 1.82) is 0 Å². The molecule has 2 aromatic carbocycles. The number of hydrogen-bond donors (Lipinski definition) is 1. The third-order valence-corrected chi connectivity index (χ3v) is 4.77. The first-order chi connectivity index (χ1) is 12.1. The fourth-order valence-corrected chi connectivity index (χ4v) is 3.45. The lowest BCUT2D eigenvalue weighted by Gasteiger charge is -2.10. The average molecular weight is 348 g/mol. The topological polar surface area (TPSA) is 72.2 Å². The van der Waals surface area contributed by atoms with E-state index in [0.29, 0.717) is 16.8 Å². The highest BCUT2D eigenvalue weighted by Gasteiger charge is 2.14. The molecule has 2 aromatic heterocycles. The number of carboxylic acids is 1. The molecule has 0 amide bonds. The summed E-state index contributed by atoms with van der Waals surface area (Å²) in [5, 5.41) is 17.0. The summed E-state index contributed by atoms with van der Waals surface area (Å²) >= 11 is 1.54. The molecule has 0 saturated heterocycles. The molecule has 0 fully saturated rings. The van der Waals surface area contributed by atoms with Crippen LogP contribution in [0.4, 0.5) is 0 Å². The Morgan fingerprint density at radius 1 is 1.00 bits per heavy atom. The minimum absolute atomic E-state index is 0.108. The Hall–Kier alpha value is -3.25. The van der Waals surface area contributed by atoms with E-state index in [1.807, 2.05) is 29.6 Å². The number of thiophene rings is 1. The minimum atomic E-state index is -1.05. The molecule has 0 radical (unpaired) electrons. The van der Waals surface area contributed by atoms with Crippen molar-refractivity contribution in [2.24, 2.45) is 0 Å². The molecule has 0 spiro atoms. The number of carboxylic acid groups (broad SMARTS) is 1. The summed E-state index contributed by atoms with van der Waals surface area (Å²) in [6.45, 7) is 0. The maximum absolute atomic E-state index is 12.9. The van der Waals surface area contributed by atoms with Crippen molar-refractivity contribution in [2.75, 3.05) is 0 Å². The van der Waals surface area contributed by atoms with Gasteiger partial charge < -0.3 is 5.11 Å². The first-order valence-electron chi connectivity index (χ1n) is 7.55. The molecule has 0 aliphatic rings. The van der Waals surface area contributed by atoms with Gasteiger partial charge >= 0.3 is 5.97 Å². The molecule has 122 valence electrons. The zero-order valence-corrected chi connectivity index (χ0v) is 13.7. The maximum atomic E-state index is 12.9. The molecule has 0 atom stereocenters. The summed E-state index contributed by atoms with van der Waals surface area (Å²) in [6, 6.07) is 17.4. The van der Waals surface area contributed by atoms with Gasteiger partial charge in [0.05, 0.1) is 21.5 Å². The summed E-state index contributed by atoms with van der Waals surface area (Å²) in [7, 11) is 0. The molecule has 5 nitrogen and oxygen atoms in total. The minimum Gasteiger partial charge on any atom is -0.478 e. The Kier molecular flexibility index (Phi) is 3.66. The molecule has 25 heavy (non-hydrogen) atoms. The first-order valence-corrected chi connectivity index (χ1v) is 8.43. The highest BCUT2D eigenvalue weighted by atomic mass is 32.1. The number of hydrogen-bond acceptors (Lipinski definition) is 4. The van der Waals surface area contributed by atoms with Crippen LogP contribution in [0.2, 0.25) is 0 Å². The number of aromatic carboxylic acids is 1. The molecule has 4 aromatic rings. The van der Waals surface area contributed by atoms with Crippen LogP contribution in [0, 0.1) is 0 Å². The van der Waals surface area contributed by atoms with Crippen LogP contribution in [-0.2, 0) is 0 Å². The Balaban J connectivity index is 2.06. The standard InChI is InChI=1S/C19H12N2O3S/c22-18-15-8-2-1-7-14(15)17(16-9-4-10-25-16)20-21(18)13-6-3-5-12(11-13)19(23)24/h1-11H,(H,23,24). The van der Waals surface area contributed by atoms with Gasteiger partial charge in [-0.15, -0.1) is 11.3 Å². The number of fused-ring (bicyclic) bond motifs is 1. The molecule has 0 aliphatic carbocycles. The molecule has 6 heteroatoms. The van der Waals surface area contributed by atoms with Crippen LogP contribution >= 0.6 is 11.3 Å². The molecule has 0 bridgehead atoms. The van der Waals surface area contributed by atoms with E-state index in [9.17, 15) is 14.7 Å². The van der Waals surface area contributed by atoms with E-state index >= 15 is 0 Å². The van der Waals surface area contributed by atoms with Crippen molar-refractivity contribution < 1.29 is 9.90 Å². The van der Waals surface area contributed by atoms with Crippen LogP contribution in [0.1, 0.15) is 10.4 Å². The maximum Gasteiger partial charge on any atom is 0.335 e. The van der Waals surface area contributed by atoms with E-state index in [2.05, 4.69) is 5.10 Å². The molecule has 0 unspecified atom stereocenters. The molecule has 1 N–H and O–H groups in total. The predicted molar refractivity (Wildman–Crippen MR) is 97.6 cm³/mol. The Labute approximate surface area is 146 Å². The summed E-state index contributed by atoms with van der Waals surface area (Å²) in [4.78, 5) is 25.1. The zero-order valence-electron chi connectivity index (χ0n) is 12.9.